The monoisotopic (exact) mass is 293 g/mol. The summed E-state index contributed by atoms with van der Waals surface area (Å²) < 4.78 is 0. The average molecular weight is 293 g/mol. The Hall–Kier alpha value is -2.95. The Morgan fingerprint density at radius 2 is 2.05 bits per heavy atom. The number of hydrogen-bond donors (Lipinski definition) is 2. The van der Waals surface area contributed by atoms with Crippen molar-refractivity contribution in [1.82, 2.24) is 15.3 Å². The summed E-state index contributed by atoms with van der Waals surface area (Å²) in [4.78, 5) is 31.0. The Morgan fingerprint density at radius 1 is 1.23 bits per heavy atom. The summed E-state index contributed by atoms with van der Waals surface area (Å²) in [5, 5.41) is 3.62. The Morgan fingerprint density at radius 3 is 2.82 bits per heavy atom. The molecule has 0 aliphatic rings. The van der Waals surface area contributed by atoms with E-state index >= 15 is 0 Å². The normalized spacial score (nSPS) is 12.0. The molecule has 3 rings (SSSR count). The number of carbonyl (C=O) groups excluding carboxylic acids is 1. The van der Waals surface area contributed by atoms with E-state index in [4.69, 9.17) is 0 Å². The maximum Gasteiger partial charge on any atom is 0.252 e. The van der Waals surface area contributed by atoms with Crippen molar-refractivity contribution in [2.75, 3.05) is 0 Å². The smallest absolute Gasteiger partial charge is 0.252 e. The van der Waals surface area contributed by atoms with E-state index in [0.717, 1.165) is 10.9 Å². The summed E-state index contributed by atoms with van der Waals surface area (Å²) in [7, 11) is 0. The van der Waals surface area contributed by atoms with Crippen LogP contribution >= 0.6 is 0 Å². The van der Waals surface area contributed by atoms with Gasteiger partial charge in [0.1, 0.15) is 0 Å². The highest BCUT2D eigenvalue weighted by atomic mass is 16.2. The lowest BCUT2D eigenvalue weighted by atomic mass is 10.1. The number of fused-ring (bicyclic) bond motifs is 1. The average Bonchev–Trinajstić information content (AvgIpc) is 2.54. The van der Waals surface area contributed by atoms with E-state index in [-0.39, 0.29) is 17.5 Å². The minimum Gasteiger partial charge on any atom is -0.345 e. The molecule has 110 valence electrons. The summed E-state index contributed by atoms with van der Waals surface area (Å²) in [5.74, 6) is -0.279. The van der Waals surface area contributed by atoms with Gasteiger partial charge in [-0.3, -0.25) is 14.6 Å². The van der Waals surface area contributed by atoms with Crippen LogP contribution in [-0.4, -0.2) is 15.9 Å². The highest BCUT2D eigenvalue weighted by Gasteiger charge is 2.15. The SMILES string of the molecule is CC(NC(=O)c1cc(=O)[nH]c2ccccc12)c1cccnc1. The van der Waals surface area contributed by atoms with Crippen LogP contribution in [0.2, 0.25) is 0 Å². The van der Waals surface area contributed by atoms with Crippen molar-refractivity contribution in [2.24, 2.45) is 0 Å². The van der Waals surface area contributed by atoms with E-state index < -0.39 is 0 Å². The highest BCUT2D eigenvalue weighted by Crippen LogP contribution is 2.16. The van der Waals surface area contributed by atoms with Crippen LogP contribution in [-0.2, 0) is 0 Å². The molecule has 3 aromatic rings. The molecule has 0 radical (unpaired) electrons. The molecule has 1 atom stereocenters. The largest absolute Gasteiger partial charge is 0.345 e. The third kappa shape index (κ3) is 2.74. The molecule has 1 unspecified atom stereocenters. The summed E-state index contributed by atoms with van der Waals surface area (Å²) in [5.41, 5.74) is 1.63. The molecule has 0 aliphatic carbocycles. The first-order chi connectivity index (χ1) is 10.6. The zero-order valence-corrected chi connectivity index (χ0v) is 12.0. The molecule has 1 amide bonds. The second-order valence-electron chi connectivity index (χ2n) is 5.07. The van der Waals surface area contributed by atoms with Gasteiger partial charge in [-0.1, -0.05) is 24.3 Å². The zero-order chi connectivity index (χ0) is 15.5. The van der Waals surface area contributed by atoms with Crippen molar-refractivity contribution in [1.29, 1.82) is 0 Å². The third-order valence-corrected chi connectivity index (χ3v) is 3.53. The summed E-state index contributed by atoms with van der Waals surface area (Å²) in [6.45, 7) is 1.88. The fourth-order valence-corrected chi connectivity index (χ4v) is 2.38. The minimum atomic E-state index is -0.294. The van der Waals surface area contributed by atoms with Crippen LogP contribution in [0, 0.1) is 0 Å². The van der Waals surface area contributed by atoms with Gasteiger partial charge in [-0.25, -0.2) is 0 Å². The van der Waals surface area contributed by atoms with Crippen molar-refractivity contribution in [3.63, 3.8) is 0 Å². The number of rotatable bonds is 3. The molecule has 0 aliphatic heterocycles. The molecule has 0 spiro atoms. The summed E-state index contributed by atoms with van der Waals surface area (Å²) >= 11 is 0. The summed E-state index contributed by atoms with van der Waals surface area (Å²) in [6, 6.07) is 12.1. The van der Waals surface area contributed by atoms with E-state index in [1.807, 2.05) is 37.3 Å². The van der Waals surface area contributed by atoms with Crippen LogP contribution < -0.4 is 10.9 Å². The van der Waals surface area contributed by atoms with Crippen molar-refractivity contribution >= 4 is 16.8 Å². The first-order valence-corrected chi connectivity index (χ1v) is 6.98. The number of amides is 1. The minimum absolute atomic E-state index is 0.195. The molecule has 0 saturated heterocycles. The van der Waals surface area contributed by atoms with E-state index in [1.165, 1.54) is 6.07 Å². The number of aromatic nitrogens is 2. The van der Waals surface area contributed by atoms with Crippen LogP contribution in [0.4, 0.5) is 0 Å². The van der Waals surface area contributed by atoms with Crippen molar-refractivity contribution in [3.05, 3.63) is 76.3 Å². The van der Waals surface area contributed by atoms with Crippen molar-refractivity contribution < 1.29 is 4.79 Å². The quantitative estimate of drug-likeness (QED) is 0.778. The first-order valence-electron chi connectivity index (χ1n) is 6.98. The Bertz CT molecular complexity index is 872. The molecule has 2 N–H and O–H groups in total. The molecule has 0 saturated carbocycles. The number of hydrogen-bond acceptors (Lipinski definition) is 3. The van der Waals surface area contributed by atoms with Crippen LogP contribution in [0.25, 0.3) is 10.9 Å². The molecular weight excluding hydrogens is 278 g/mol. The molecule has 2 aromatic heterocycles. The molecule has 5 heteroatoms. The topological polar surface area (TPSA) is 74.8 Å². The standard InChI is InChI=1S/C17H15N3O2/c1-11(12-5-4-8-18-10-12)19-17(22)14-9-16(21)20-15-7-3-2-6-13(14)15/h2-11H,1H3,(H,19,22)(H,20,21). The van der Waals surface area contributed by atoms with Gasteiger partial charge in [-0.2, -0.15) is 0 Å². The molecule has 1 aromatic carbocycles. The van der Waals surface area contributed by atoms with Gasteiger partial charge in [0.25, 0.3) is 5.91 Å². The zero-order valence-electron chi connectivity index (χ0n) is 12.0. The van der Waals surface area contributed by atoms with Gasteiger partial charge < -0.3 is 10.3 Å². The number of aromatic amines is 1. The Kier molecular flexibility index (Phi) is 3.70. The van der Waals surface area contributed by atoms with Gasteiger partial charge in [-0.05, 0) is 24.6 Å². The van der Waals surface area contributed by atoms with Crippen LogP contribution in [0.5, 0.6) is 0 Å². The van der Waals surface area contributed by atoms with Gasteiger partial charge in [0, 0.05) is 29.4 Å². The lowest BCUT2D eigenvalue weighted by molar-refractivity contribution is 0.0941. The predicted molar refractivity (Wildman–Crippen MR) is 84.7 cm³/mol. The van der Waals surface area contributed by atoms with E-state index in [9.17, 15) is 9.59 Å². The number of nitrogens with one attached hydrogen (secondary N) is 2. The number of H-pyrrole nitrogens is 1. The second kappa shape index (κ2) is 5.81. The highest BCUT2D eigenvalue weighted by molar-refractivity contribution is 6.06. The molecule has 5 nitrogen and oxygen atoms in total. The fourth-order valence-electron chi connectivity index (χ4n) is 2.38. The number of nitrogens with zero attached hydrogens (tertiary/aromatic N) is 1. The number of pyridine rings is 2. The maximum absolute atomic E-state index is 12.5. The van der Waals surface area contributed by atoms with Gasteiger partial charge >= 0.3 is 0 Å². The number of benzene rings is 1. The summed E-state index contributed by atoms with van der Waals surface area (Å²) in [6.07, 6.45) is 3.39. The molecule has 0 fully saturated rings. The van der Waals surface area contributed by atoms with Crippen LogP contribution in [0.1, 0.15) is 28.9 Å². The second-order valence-corrected chi connectivity index (χ2v) is 5.07. The Balaban J connectivity index is 1.94. The van der Waals surface area contributed by atoms with Gasteiger partial charge in [0.15, 0.2) is 0 Å². The first kappa shape index (κ1) is 14.0. The Labute approximate surface area is 127 Å². The fraction of sp³-hybridized carbons (Fsp3) is 0.118. The van der Waals surface area contributed by atoms with Crippen LogP contribution in [0.15, 0.2) is 59.7 Å². The molecule has 22 heavy (non-hydrogen) atoms. The van der Waals surface area contributed by atoms with Gasteiger partial charge in [0.2, 0.25) is 5.56 Å². The lowest BCUT2D eigenvalue weighted by Crippen LogP contribution is -2.28. The van der Waals surface area contributed by atoms with Gasteiger partial charge in [0.05, 0.1) is 11.6 Å². The van der Waals surface area contributed by atoms with Gasteiger partial charge in [-0.15, -0.1) is 0 Å². The van der Waals surface area contributed by atoms with Crippen molar-refractivity contribution in [2.45, 2.75) is 13.0 Å². The molecule has 0 bridgehead atoms. The number of carbonyl (C=O) groups is 1. The lowest BCUT2D eigenvalue weighted by Gasteiger charge is -2.14. The predicted octanol–water partition coefficient (Wildman–Crippen LogP) is 2.41. The number of para-hydroxylation sites is 1. The van der Waals surface area contributed by atoms with Crippen molar-refractivity contribution in [3.8, 4) is 0 Å². The van der Waals surface area contributed by atoms with Crippen LogP contribution in [0.3, 0.4) is 0 Å². The van der Waals surface area contributed by atoms with E-state index in [2.05, 4.69) is 15.3 Å². The van der Waals surface area contributed by atoms with E-state index in [0.29, 0.717) is 11.1 Å². The third-order valence-electron chi connectivity index (χ3n) is 3.53. The molecular formula is C17H15N3O2. The molecule has 2 heterocycles. The van der Waals surface area contributed by atoms with E-state index in [1.54, 1.807) is 18.5 Å². The maximum atomic E-state index is 12.5.